The first-order valence-corrected chi connectivity index (χ1v) is 13.2. The first kappa shape index (κ1) is 26.0. The number of ether oxygens (including phenoxy) is 2. The van der Waals surface area contributed by atoms with Crippen LogP contribution in [0.3, 0.4) is 0 Å². The monoisotopic (exact) mass is 534 g/mol. The quantitative estimate of drug-likeness (QED) is 0.346. The molecule has 1 aliphatic rings. The highest BCUT2D eigenvalue weighted by atomic mass is 35.5. The van der Waals surface area contributed by atoms with Crippen LogP contribution < -0.4 is 4.74 Å². The normalized spacial score (nSPS) is 14.5. The Morgan fingerprint density at radius 3 is 2.71 bits per heavy atom. The van der Waals surface area contributed by atoms with E-state index in [9.17, 15) is 4.79 Å². The van der Waals surface area contributed by atoms with E-state index in [0.717, 1.165) is 45.0 Å². The maximum absolute atomic E-state index is 13.6. The molecule has 0 N–H and O–H groups in total. The van der Waals surface area contributed by atoms with Crippen LogP contribution in [-0.4, -0.2) is 52.1 Å². The molecule has 0 aliphatic carbocycles. The Kier molecular flexibility index (Phi) is 7.81. The molecule has 4 aromatic rings. The van der Waals surface area contributed by atoms with Crippen LogP contribution in [0, 0.1) is 13.8 Å². The van der Waals surface area contributed by atoms with Gasteiger partial charge in [0.2, 0.25) is 0 Å². The second-order valence-corrected chi connectivity index (χ2v) is 9.77. The predicted molar refractivity (Wildman–Crippen MR) is 145 cm³/mol. The molecule has 2 aromatic carbocycles. The molecule has 0 radical (unpaired) electrons. The van der Waals surface area contributed by atoms with Crippen molar-refractivity contribution in [3.63, 3.8) is 0 Å². The Hall–Kier alpha value is -3.62. The van der Waals surface area contributed by atoms with Gasteiger partial charge in [-0.1, -0.05) is 47.1 Å². The summed E-state index contributed by atoms with van der Waals surface area (Å²) in [6.45, 7) is 8.41. The van der Waals surface area contributed by atoms with Gasteiger partial charge in [-0.15, -0.1) is 0 Å². The largest absolute Gasteiger partial charge is 0.491 e. The lowest BCUT2D eigenvalue weighted by molar-refractivity contribution is 0.0562. The summed E-state index contributed by atoms with van der Waals surface area (Å²) >= 11 is 6.35. The fraction of sp³-hybridized carbons (Fsp3) is 0.345. The molecule has 38 heavy (non-hydrogen) atoms. The molecule has 0 spiro atoms. The second-order valence-electron chi connectivity index (χ2n) is 9.36. The van der Waals surface area contributed by atoms with E-state index in [2.05, 4.69) is 28.5 Å². The number of carbonyl (C=O) groups excluding carboxylic acids is 1. The Morgan fingerprint density at radius 2 is 1.92 bits per heavy atom. The van der Waals surface area contributed by atoms with Crippen molar-refractivity contribution >= 4 is 17.5 Å². The van der Waals surface area contributed by atoms with Gasteiger partial charge >= 0.3 is 0 Å². The van der Waals surface area contributed by atoms with Crippen molar-refractivity contribution < 1.29 is 18.8 Å². The van der Waals surface area contributed by atoms with Crippen LogP contribution >= 0.6 is 11.6 Å². The zero-order valence-electron chi connectivity index (χ0n) is 21.9. The van der Waals surface area contributed by atoms with Gasteiger partial charge in [0.25, 0.3) is 5.91 Å². The third kappa shape index (κ3) is 5.47. The van der Waals surface area contributed by atoms with Gasteiger partial charge in [-0.3, -0.25) is 9.48 Å². The SMILES string of the molecule is CCn1ncc(Cl)c1C(=O)N1CCOCCOc2ccc(-c3c(C)noc3C)cc2Cc2cccc(c2)C1. The van der Waals surface area contributed by atoms with Gasteiger partial charge in [0.05, 0.1) is 30.1 Å². The lowest BCUT2D eigenvalue weighted by atomic mass is 9.96. The number of rotatable bonds is 3. The topological polar surface area (TPSA) is 82.6 Å². The van der Waals surface area contributed by atoms with Gasteiger partial charge < -0.3 is 18.9 Å². The summed E-state index contributed by atoms with van der Waals surface area (Å²) in [7, 11) is 0. The third-order valence-corrected chi connectivity index (χ3v) is 6.99. The Balaban J connectivity index is 1.47. The number of nitrogens with zero attached hydrogens (tertiary/aromatic N) is 4. The van der Waals surface area contributed by atoms with Crippen LogP contribution in [-0.2, 0) is 24.2 Å². The smallest absolute Gasteiger partial charge is 0.274 e. The summed E-state index contributed by atoms with van der Waals surface area (Å²) in [5, 5.41) is 8.70. The van der Waals surface area contributed by atoms with Crippen LogP contribution in [0.15, 0.2) is 53.2 Å². The molecule has 198 valence electrons. The maximum atomic E-state index is 13.6. The van der Waals surface area contributed by atoms with Crippen molar-refractivity contribution in [3.05, 3.63) is 87.5 Å². The number of aryl methyl sites for hydroxylation is 3. The Bertz CT molecular complexity index is 1420. The van der Waals surface area contributed by atoms with Crippen LogP contribution in [0.2, 0.25) is 5.02 Å². The predicted octanol–water partition coefficient (Wildman–Crippen LogP) is 5.47. The summed E-state index contributed by atoms with van der Waals surface area (Å²) in [6, 6.07) is 14.5. The Labute approximate surface area is 227 Å². The minimum atomic E-state index is -0.166. The fourth-order valence-electron chi connectivity index (χ4n) is 4.89. The Morgan fingerprint density at radius 1 is 1.08 bits per heavy atom. The number of aromatic nitrogens is 3. The molecule has 8 nitrogen and oxygen atoms in total. The molecule has 0 saturated heterocycles. The minimum Gasteiger partial charge on any atom is -0.491 e. The first-order chi connectivity index (χ1) is 18.4. The standard InChI is InChI=1S/C29H31ClN4O4/c1-4-34-28(25(30)17-31-34)29(35)33-10-11-36-12-13-37-26-9-8-23(27-19(2)32-38-20(27)3)16-24(26)15-21-6-5-7-22(14-21)18-33/h5-9,14,16-17H,4,10-13,15,18H2,1-3H3. The van der Waals surface area contributed by atoms with Gasteiger partial charge in [-0.05, 0) is 55.2 Å². The number of halogens is 1. The summed E-state index contributed by atoms with van der Waals surface area (Å²) < 4.78 is 19.0. The molecule has 9 heteroatoms. The molecule has 0 unspecified atom stereocenters. The van der Waals surface area contributed by atoms with Gasteiger partial charge in [-0.25, -0.2) is 0 Å². The minimum absolute atomic E-state index is 0.166. The average Bonchev–Trinajstić information content (AvgIpc) is 3.45. The molecule has 2 aromatic heterocycles. The zero-order chi connectivity index (χ0) is 26.6. The van der Waals surface area contributed by atoms with Gasteiger partial charge in [0, 0.05) is 31.6 Å². The second kappa shape index (κ2) is 11.4. The van der Waals surface area contributed by atoms with Gasteiger partial charge in [-0.2, -0.15) is 5.10 Å². The number of benzene rings is 2. The van der Waals surface area contributed by atoms with E-state index in [1.165, 1.54) is 6.20 Å². The lowest BCUT2D eigenvalue weighted by Crippen LogP contribution is -2.35. The molecule has 1 amide bonds. The van der Waals surface area contributed by atoms with Crippen molar-refractivity contribution in [2.45, 2.75) is 40.3 Å². The van der Waals surface area contributed by atoms with Gasteiger partial charge in [0.1, 0.15) is 23.8 Å². The maximum Gasteiger partial charge on any atom is 0.274 e. The van der Waals surface area contributed by atoms with Crippen molar-refractivity contribution in [1.29, 1.82) is 0 Å². The summed E-state index contributed by atoms with van der Waals surface area (Å²) in [4.78, 5) is 15.3. The molecule has 0 atom stereocenters. The molecular weight excluding hydrogens is 504 g/mol. The van der Waals surface area contributed by atoms with Crippen LogP contribution in [0.1, 0.15) is 45.6 Å². The van der Waals surface area contributed by atoms with E-state index in [4.69, 9.17) is 25.6 Å². The molecular formula is C29H31ClN4O4. The number of hydrogen-bond donors (Lipinski definition) is 0. The summed E-state index contributed by atoms with van der Waals surface area (Å²) in [6.07, 6.45) is 2.19. The van der Waals surface area contributed by atoms with E-state index in [-0.39, 0.29) is 5.91 Å². The average molecular weight is 535 g/mol. The van der Waals surface area contributed by atoms with E-state index in [0.29, 0.717) is 56.6 Å². The highest BCUT2D eigenvalue weighted by Gasteiger charge is 2.24. The molecule has 0 saturated carbocycles. The molecule has 5 rings (SSSR count). The molecule has 2 bridgehead atoms. The molecule has 3 heterocycles. The molecule has 1 aliphatic heterocycles. The van der Waals surface area contributed by atoms with Crippen LogP contribution in [0.5, 0.6) is 5.75 Å². The van der Waals surface area contributed by atoms with Crippen LogP contribution in [0.25, 0.3) is 11.1 Å². The number of carbonyl (C=O) groups is 1. The van der Waals surface area contributed by atoms with Crippen molar-refractivity contribution in [2.24, 2.45) is 0 Å². The van der Waals surface area contributed by atoms with Crippen molar-refractivity contribution in [3.8, 4) is 16.9 Å². The number of fused-ring (bicyclic) bond motifs is 3. The summed E-state index contributed by atoms with van der Waals surface area (Å²) in [5.41, 5.74) is 6.51. The van der Waals surface area contributed by atoms with Crippen molar-refractivity contribution in [1.82, 2.24) is 19.8 Å². The van der Waals surface area contributed by atoms with E-state index < -0.39 is 0 Å². The number of amides is 1. The highest BCUT2D eigenvalue weighted by Crippen LogP contribution is 2.32. The molecule has 0 fully saturated rings. The third-order valence-electron chi connectivity index (χ3n) is 6.72. The van der Waals surface area contributed by atoms with Crippen molar-refractivity contribution in [2.75, 3.05) is 26.4 Å². The van der Waals surface area contributed by atoms with E-state index in [1.54, 1.807) is 9.58 Å². The van der Waals surface area contributed by atoms with Gasteiger partial charge in [0.15, 0.2) is 0 Å². The first-order valence-electron chi connectivity index (χ1n) is 12.8. The highest BCUT2D eigenvalue weighted by molar-refractivity contribution is 6.33. The zero-order valence-corrected chi connectivity index (χ0v) is 22.6. The fourth-order valence-corrected chi connectivity index (χ4v) is 5.11. The lowest BCUT2D eigenvalue weighted by Gasteiger charge is -2.24. The summed E-state index contributed by atoms with van der Waals surface area (Å²) in [5.74, 6) is 1.45. The van der Waals surface area contributed by atoms with E-state index >= 15 is 0 Å². The van der Waals surface area contributed by atoms with Crippen LogP contribution in [0.4, 0.5) is 0 Å². The number of hydrogen-bond acceptors (Lipinski definition) is 6. The van der Waals surface area contributed by atoms with E-state index in [1.807, 2.05) is 45.0 Å².